The fourth-order valence-electron chi connectivity index (χ4n) is 2.20. The Balaban J connectivity index is 1.55. The van der Waals surface area contributed by atoms with Crippen LogP contribution in [-0.4, -0.2) is 17.9 Å². The summed E-state index contributed by atoms with van der Waals surface area (Å²) in [6, 6.07) is 13.8. The van der Waals surface area contributed by atoms with Crippen molar-refractivity contribution in [2.24, 2.45) is 0 Å². The number of fused-ring (bicyclic) bond motifs is 1. The summed E-state index contributed by atoms with van der Waals surface area (Å²) in [7, 11) is 0. The van der Waals surface area contributed by atoms with Crippen LogP contribution in [0.1, 0.15) is 15.9 Å². The van der Waals surface area contributed by atoms with Crippen LogP contribution < -0.4 is 15.6 Å². The Morgan fingerprint density at radius 3 is 2.50 bits per heavy atom. The van der Waals surface area contributed by atoms with E-state index in [2.05, 4.69) is 10.9 Å². The van der Waals surface area contributed by atoms with E-state index in [1.54, 1.807) is 24.3 Å². The van der Waals surface area contributed by atoms with Gasteiger partial charge >= 0.3 is 0 Å². The number of rotatable bonds is 2. The van der Waals surface area contributed by atoms with Gasteiger partial charge in [0.1, 0.15) is 5.75 Å². The molecule has 112 valence electrons. The molecule has 0 spiro atoms. The SMILES string of the molecule is O=C(NNC(=O)[C@H]1Cc2ccccc2O1)c1ccc(Cl)cc1. The monoisotopic (exact) mass is 316 g/mol. The van der Waals surface area contributed by atoms with Crippen LogP contribution in [0.2, 0.25) is 5.02 Å². The third-order valence-electron chi connectivity index (χ3n) is 3.35. The van der Waals surface area contributed by atoms with Crippen LogP contribution in [0.15, 0.2) is 48.5 Å². The zero-order valence-electron chi connectivity index (χ0n) is 11.5. The van der Waals surface area contributed by atoms with Crippen LogP contribution in [0.3, 0.4) is 0 Å². The van der Waals surface area contributed by atoms with Crippen molar-refractivity contribution in [3.63, 3.8) is 0 Å². The first-order valence-corrected chi connectivity index (χ1v) is 7.11. The van der Waals surface area contributed by atoms with Gasteiger partial charge in [0.15, 0.2) is 6.10 Å². The van der Waals surface area contributed by atoms with Gasteiger partial charge in [0, 0.05) is 17.0 Å². The minimum atomic E-state index is -0.636. The Bertz CT molecular complexity index is 691. The molecular formula is C16H13ClN2O3. The van der Waals surface area contributed by atoms with Crippen molar-refractivity contribution in [2.75, 3.05) is 0 Å². The number of carbonyl (C=O) groups excluding carboxylic acids is 2. The van der Waals surface area contributed by atoms with Crippen LogP contribution in [-0.2, 0) is 11.2 Å². The molecule has 5 nitrogen and oxygen atoms in total. The van der Waals surface area contributed by atoms with Crippen molar-refractivity contribution >= 4 is 23.4 Å². The van der Waals surface area contributed by atoms with E-state index >= 15 is 0 Å². The summed E-state index contributed by atoms with van der Waals surface area (Å²) in [5, 5.41) is 0.540. The highest BCUT2D eigenvalue weighted by atomic mass is 35.5. The Labute approximate surface area is 132 Å². The van der Waals surface area contributed by atoms with Crippen LogP contribution in [0, 0.1) is 0 Å². The fourth-order valence-corrected chi connectivity index (χ4v) is 2.33. The van der Waals surface area contributed by atoms with E-state index in [0.29, 0.717) is 22.8 Å². The largest absolute Gasteiger partial charge is 0.480 e. The highest BCUT2D eigenvalue weighted by Gasteiger charge is 2.28. The molecule has 1 aliphatic heterocycles. The molecule has 0 saturated heterocycles. The Morgan fingerprint density at radius 1 is 1.05 bits per heavy atom. The zero-order chi connectivity index (χ0) is 15.5. The molecule has 0 fully saturated rings. The molecule has 3 rings (SSSR count). The number of para-hydroxylation sites is 1. The molecule has 1 aliphatic rings. The second kappa shape index (κ2) is 6.07. The highest BCUT2D eigenvalue weighted by molar-refractivity contribution is 6.30. The topological polar surface area (TPSA) is 67.4 Å². The number of hydrogen-bond acceptors (Lipinski definition) is 3. The van der Waals surface area contributed by atoms with E-state index in [0.717, 1.165) is 5.56 Å². The van der Waals surface area contributed by atoms with Crippen molar-refractivity contribution in [3.8, 4) is 5.75 Å². The number of hydrazine groups is 1. The Hall–Kier alpha value is -2.53. The summed E-state index contributed by atoms with van der Waals surface area (Å²) >= 11 is 5.76. The number of ether oxygens (including phenoxy) is 1. The second-order valence-corrected chi connectivity index (χ2v) is 5.31. The van der Waals surface area contributed by atoms with Gasteiger partial charge < -0.3 is 4.74 Å². The summed E-state index contributed by atoms with van der Waals surface area (Å²) in [4.78, 5) is 23.9. The first-order valence-electron chi connectivity index (χ1n) is 6.74. The maximum Gasteiger partial charge on any atom is 0.279 e. The molecule has 2 aromatic carbocycles. The molecule has 0 bridgehead atoms. The van der Waals surface area contributed by atoms with Crippen molar-refractivity contribution in [1.29, 1.82) is 0 Å². The number of hydrogen-bond donors (Lipinski definition) is 2. The molecule has 2 N–H and O–H groups in total. The van der Waals surface area contributed by atoms with E-state index in [1.165, 1.54) is 0 Å². The standard InChI is InChI=1S/C16H13ClN2O3/c17-12-7-5-10(6-8-12)15(20)18-19-16(21)14-9-11-3-1-2-4-13(11)22-14/h1-8,14H,9H2,(H,18,20)(H,19,21)/t14-/m1/s1. The molecule has 6 heteroatoms. The lowest BCUT2D eigenvalue weighted by atomic mass is 10.1. The van der Waals surface area contributed by atoms with E-state index in [4.69, 9.17) is 16.3 Å². The van der Waals surface area contributed by atoms with Gasteiger partial charge in [-0.3, -0.25) is 20.4 Å². The molecule has 1 atom stereocenters. The zero-order valence-corrected chi connectivity index (χ0v) is 12.3. The number of benzene rings is 2. The summed E-state index contributed by atoms with van der Waals surface area (Å²) in [5.74, 6) is -0.106. The summed E-state index contributed by atoms with van der Waals surface area (Å²) in [6.45, 7) is 0. The second-order valence-electron chi connectivity index (χ2n) is 4.87. The number of nitrogens with one attached hydrogen (secondary N) is 2. The third-order valence-corrected chi connectivity index (χ3v) is 3.60. The minimum absolute atomic E-state index is 0.390. The van der Waals surface area contributed by atoms with Crippen molar-refractivity contribution in [3.05, 3.63) is 64.7 Å². The number of carbonyl (C=O) groups is 2. The lowest BCUT2D eigenvalue weighted by Gasteiger charge is -2.12. The van der Waals surface area contributed by atoms with Crippen molar-refractivity contribution in [2.45, 2.75) is 12.5 Å². The van der Waals surface area contributed by atoms with Gasteiger partial charge in [-0.2, -0.15) is 0 Å². The summed E-state index contributed by atoms with van der Waals surface area (Å²) in [6.07, 6.45) is -0.151. The van der Waals surface area contributed by atoms with Crippen molar-refractivity contribution < 1.29 is 14.3 Å². The Morgan fingerprint density at radius 2 is 1.77 bits per heavy atom. The molecule has 1 heterocycles. The molecule has 0 saturated carbocycles. The number of amides is 2. The molecule has 0 radical (unpaired) electrons. The predicted octanol–water partition coefficient (Wildman–Crippen LogP) is 2.10. The van der Waals surface area contributed by atoms with E-state index < -0.39 is 17.9 Å². The quantitative estimate of drug-likeness (QED) is 0.834. The molecule has 2 amide bonds. The highest BCUT2D eigenvalue weighted by Crippen LogP contribution is 2.27. The van der Waals surface area contributed by atoms with Crippen LogP contribution in [0.4, 0.5) is 0 Å². The first kappa shape index (κ1) is 14.4. The smallest absolute Gasteiger partial charge is 0.279 e. The predicted molar refractivity (Wildman–Crippen MR) is 81.6 cm³/mol. The summed E-state index contributed by atoms with van der Waals surface area (Å²) in [5.41, 5.74) is 6.12. The minimum Gasteiger partial charge on any atom is -0.480 e. The first-order chi connectivity index (χ1) is 10.6. The van der Waals surface area contributed by atoms with Gasteiger partial charge in [0.05, 0.1) is 0 Å². The molecule has 22 heavy (non-hydrogen) atoms. The van der Waals surface area contributed by atoms with Gasteiger partial charge in [-0.05, 0) is 35.9 Å². The fraction of sp³-hybridized carbons (Fsp3) is 0.125. The average Bonchev–Trinajstić information content (AvgIpc) is 2.97. The van der Waals surface area contributed by atoms with E-state index in [-0.39, 0.29) is 0 Å². The van der Waals surface area contributed by atoms with Crippen LogP contribution >= 0.6 is 11.6 Å². The van der Waals surface area contributed by atoms with Crippen LogP contribution in [0.5, 0.6) is 5.75 Å². The molecular weight excluding hydrogens is 304 g/mol. The number of halogens is 1. The Kier molecular flexibility index (Phi) is 3.98. The van der Waals surface area contributed by atoms with Gasteiger partial charge in [-0.15, -0.1) is 0 Å². The molecule has 2 aromatic rings. The maximum absolute atomic E-state index is 12.0. The van der Waals surface area contributed by atoms with E-state index in [1.807, 2.05) is 24.3 Å². The van der Waals surface area contributed by atoms with E-state index in [9.17, 15) is 9.59 Å². The lowest BCUT2D eigenvalue weighted by molar-refractivity contribution is -0.128. The van der Waals surface area contributed by atoms with Gasteiger partial charge in [-0.25, -0.2) is 0 Å². The van der Waals surface area contributed by atoms with Crippen LogP contribution in [0.25, 0.3) is 0 Å². The molecule has 0 unspecified atom stereocenters. The third kappa shape index (κ3) is 3.04. The van der Waals surface area contributed by atoms with Gasteiger partial charge in [0.25, 0.3) is 11.8 Å². The van der Waals surface area contributed by atoms with Gasteiger partial charge in [-0.1, -0.05) is 29.8 Å². The maximum atomic E-state index is 12.0. The van der Waals surface area contributed by atoms with Gasteiger partial charge in [0.2, 0.25) is 0 Å². The summed E-state index contributed by atoms with van der Waals surface area (Å²) < 4.78 is 5.54. The van der Waals surface area contributed by atoms with Crippen molar-refractivity contribution in [1.82, 2.24) is 10.9 Å². The molecule has 0 aliphatic carbocycles. The lowest BCUT2D eigenvalue weighted by Crippen LogP contribution is -2.47. The average molecular weight is 317 g/mol. The normalized spacial score (nSPS) is 15.6. The molecule has 0 aromatic heterocycles.